The number of imidazole rings is 1. The smallest absolute Gasteiger partial charge is 0.185 e. The van der Waals surface area contributed by atoms with E-state index in [-0.39, 0.29) is 5.15 Å². The number of hydrogen-bond acceptors (Lipinski definition) is 4. The van der Waals surface area contributed by atoms with E-state index in [4.69, 9.17) is 11.6 Å². The van der Waals surface area contributed by atoms with Gasteiger partial charge in [0.1, 0.15) is 11.3 Å². The molecule has 0 aromatic carbocycles. The van der Waals surface area contributed by atoms with Crippen LogP contribution < -0.4 is 0 Å². The van der Waals surface area contributed by atoms with Gasteiger partial charge < -0.3 is 4.57 Å². The first-order chi connectivity index (χ1) is 7.17. The van der Waals surface area contributed by atoms with E-state index in [0.717, 1.165) is 0 Å². The summed E-state index contributed by atoms with van der Waals surface area (Å²) in [5, 5.41) is 0.285. The van der Waals surface area contributed by atoms with Crippen molar-refractivity contribution in [3.8, 4) is 0 Å². The third-order valence-electron chi connectivity index (χ3n) is 2.12. The molecule has 0 fully saturated rings. The molecule has 0 bridgehead atoms. The monoisotopic (exact) mass is 224 g/mol. The number of rotatable bonds is 2. The minimum Gasteiger partial charge on any atom is -0.307 e. The molecule has 0 spiro atoms. The maximum atomic E-state index is 10.8. The summed E-state index contributed by atoms with van der Waals surface area (Å²) in [6.07, 6.45) is 0.691. The highest BCUT2D eigenvalue weighted by Gasteiger charge is 2.14. The van der Waals surface area contributed by atoms with Crippen LogP contribution in [0.4, 0.5) is 0 Å². The summed E-state index contributed by atoms with van der Waals surface area (Å²) in [5.41, 5.74) is 1.09. The topological polar surface area (TPSA) is 60.7 Å². The van der Waals surface area contributed by atoms with E-state index in [1.165, 1.54) is 0 Å². The predicted octanol–water partition coefficient (Wildman–Crippen LogP) is 1.62. The Morgan fingerprint density at radius 2 is 2.13 bits per heavy atom. The molecule has 0 amide bonds. The molecule has 0 radical (unpaired) electrons. The summed E-state index contributed by atoms with van der Waals surface area (Å²) in [5.74, 6) is 0.897. The van der Waals surface area contributed by atoms with Crippen molar-refractivity contribution >= 4 is 29.1 Å². The van der Waals surface area contributed by atoms with Crippen LogP contribution in [0.3, 0.4) is 0 Å². The molecule has 0 unspecified atom stereocenters. The van der Waals surface area contributed by atoms with Gasteiger partial charge in [0.05, 0.1) is 0 Å². The minimum absolute atomic E-state index is 0.285. The fourth-order valence-electron chi connectivity index (χ4n) is 1.49. The van der Waals surface area contributed by atoms with Crippen molar-refractivity contribution in [1.29, 1.82) is 0 Å². The average Bonchev–Trinajstić information content (AvgIpc) is 2.55. The Labute approximate surface area is 91.1 Å². The minimum atomic E-state index is 0.285. The highest BCUT2D eigenvalue weighted by molar-refractivity contribution is 6.33. The molecule has 0 aliphatic rings. The number of aldehydes is 1. The number of aryl methyl sites for hydroxylation is 2. The van der Waals surface area contributed by atoms with Crippen molar-refractivity contribution in [2.45, 2.75) is 20.4 Å². The molecule has 0 saturated carbocycles. The maximum absolute atomic E-state index is 10.8. The summed E-state index contributed by atoms with van der Waals surface area (Å²) in [6, 6.07) is 0. The van der Waals surface area contributed by atoms with Gasteiger partial charge in [-0.15, -0.1) is 0 Å². The van der Waals surface area contributed by atoms with Crippen molar-refractivity contribution in [2.75, 3.05) is 0 Å². The quantitative estimate of drug-likeness (QED) is 0.575. The Hall–Kier alpha value is -1.49. The van der Waals surface area contributed by atoms with Gasteiger partial charge in [0.25, 0.3) is 0 Å². The van der Waals surface area contributed by atoms with Crippen molar-refractivity contribution in [3.63, 3.8) is 0 Å². The van der Waals surface area contributed by atoms with E-state index >= 15 is 0 Å². The zero-order valence-corrected chi connectivity index (χ0v) is 9.12. The zero-order chi connectivity index (χ0) is 11.0. The Bertz CT molecular complexity index is 534. The van der Waals surface area contributed by atoms with E-state index < -0.39 is 0 Å². The predicted molar refractivity (Wildman–Crippen MR) is 56.1 cm³/mol. The molecule has 2 heterocycles. The average molecular weight is 225 g/mol. The summed E-state index contributed by atoms with van der Waals surface area (Å²) < 4.78 is 1.71. The Balaban J connectivity index is 2.88. The van der Waals surface area contributed by atoms with Gasteiger partial charge in [-0.05, 0) is 13.8 Å². The summed E-state index contributed by atoms with van der Waals surface area (Å²) >= 11 is 5.92. The number of carbonyl (C=O) groups is 1. The van der Waals surface area contributed by atoms with E-state index in [0.29, 0.717) is 35.6 Å². The molecule has 2 aromatic heterocycles. The molecule has 0 aliphatic carbocycles. The number of aromatic nitrogens is 4. The molecule has 0 N–H and O–H groups in total. The molecule has 0 saturated heterocycles. The van der Waals surface area contributed by atoms with Crippen molar-refractivity contribution < 1.29 is 4.79 Å². The van der Waals surface area contributed by atoms with Gasteiger partial charge in [-0.1, -0.05) is 11.6 Å². The molecule has 0 atom stereocenters. The Kier molecular flexibility index (Phi) is 2.40. The molecule has 15 heavy (non-hydrogen) atoms. The standard InChI is InChI=1S/C9H9ClN4O/c1-3-14-6(4-15)13-7-8(10)11-5(2)12-9(7)14/h4H,3H2,1-2H3. The van der Waals surface area contributed by atoms with Crippen LogP contribution >= 0.6 is 11.6 Å². The van der Waals surface area contributed by atoms with E-state index in [2.05, 4.69) is 15.0 Å². The summed E-state index contributed by atoms with van der Waals surface area (Å²) in [4.78, 5) is 23.1. The highest BCUT2D eigenvalue weighted by atomic mass is 35.5. The molecular weight excluding hydrogens is 216 g/mol. The van der Waals surface area contributed by atoms with Gasteiger partial charge in [0.15, 0.2) is 22.9 Å². The highest BCUT2D eigenvalue weighted by Crippen LogP contribution is 2.20. The molecule has 0 aliphatic heterocycles. The SMILES string of the molecule is CCn1c(C=O)nc2c(Cl)nc(C)nc21. The van der Waals surface area contributed by atoms with Crippen LogP contribution in [0.1, 0.15) is 23.4 Å². The summed E-state index contributed by atoms with van der Waals surface area (Å²) in [7, 11) is 0. The molecule has 2 aromatic rings. The van der Waals surface area contributed by atoms with Crippen molar-refractivity contribution in [2.24, 2.45) is 0 Å². The largest absolute Gasteiger partial charge is 0.307 e. The first kappa shape index (κ1) is 10.0. The van der Waals surface area contributed by atoms with Crippen LogP contribution in [0.15, 0.2) is 0 Å². The third kappa shape index (κ3) is 1.48. The van der Waals surface area contributed by atoms with E-state index in [1.807, 2.05) is 6.92 Å². The van der Waals surface area contributed by atoms with Crippen LogP contribution in [-0.4, -0.2) is 25.8 Å². The van der Waals surface area contributed by atoms with Gasteiger partial charge in [-0.2, -0.15) is 0 Å². The lowest BCUT2D eigenvalue weighted by molar-refractivity contribution is 0.111. The van der Waals surface area contributed by atoms with Gasteiger partial charge in [0.2, 0.25) is 0 Å². The summed E-state index contributed by atoms with van der Waals surface area (Å²) in [6.45, 7) is 4.29. The number of carbonyl (C=O) groups excluding carboxylic acids is 1. The fraction of sp³-hybridized carbons (Fsp3) is 0.333. The zero-order valence-electron chi connectivity index (χ0n) is 8.36. The van der Waals surface area contributed by atoms with Crippen LogP contribution in [0.25, 0.3) is 11.2 Å². The molecule has 5 nitrogen and oxygen atoms in total. The normalized spacial score (nSPS) is 10.9. The fourth-order valence-corrected chi connectivity index (χ4v) is 1.74. The molecular formula is C9H9ClN4O. The molecule has 2 rings (SSSR count). The lowest BCUT2D eigenvalue weighted by Crippen LogP contribution is -2.01. The number of halogens is 1. The second kappa shape index (κ2) is 3.58. The molecule has 78 valence electrons. The van der Waals surface area contributed by atoms with Crippen LogP contribution in [-0.2, 0) is 6.54 Å². The molecule has 6 heteroatoms. The second-order valence-corrected chi connectivity index (χ2v) is 3.42. The van der Waals surface area contributed by atoms with Crippen molar-refractivity contribution in [1.82, 2.24) is 19.5 Å². The van der Waals surface area contributed by atoms with Crippen LogP contribution in [0.2, 0.25) is 5.15 Å². The second-order valence-electron chi connectivity index (χ2n) is 3.07. The lowest BCUT2D eigenvalue weighted by Gasteiger charge is -2.00. The first-order valence-corrected chi connectivity index (χ1v) is 4.90. The van der Waals surface area contributed by atoms with Crippen LogP contribution in [0.5, 0.6) is 0 Å². The Morgan fingerprint density at radius 1 is 1.40 bits per heavy atom. The van der Waals surface area contributed by atoms with E-state index in [1.54, 1.807) is 11.5 Å². The van der Waals surface area contributed by atoms with Gasteiger partial charge >= 0.3 is 0 Å². The third-order valence-corrected chi connectivity index (χ3v) is 2.38. The number of nitrogens with zero attached hydrogens (tertiary/aromatic N) is 4. The van der Waals surface area contributed by atoms with Crippen LogP contribution in [0, 0.1) is 6.92 Å². The van der Waals surface area contributed by atoms with Gasteiger partial charge in [-0.25, -0.2) is 15.0 Å². The van der Waals surface area contributed by atoms with Gasteiger partial charge in [-0.3, -0.25) is 4.79 Å². The maximum Gasteiger partial charge on any atom is 0.185 e. The number of fused-ring (bicyclic) bond motifs is 1. The first-order valence-electron chi connectivity index (χ1n) is 4.53. The number of hydrogen-bond donors (Lipinski definition) is 0. The van der Waals surface area contributed by atoms with Gasteiger partial charge in [0, 0.05) is 6.54 Å². The van der Waals surface area contributed by atoms with E-state index in [9.17, 15) is 4.79 Å². The van der Waals surface area contributed by atoms with Crippen molar-refractivity contribution in [3.05, 3.63) is 16.8 Å². The lowest BCUT2D eigenvalue weighted by atomic mass is 10.5. The Morgan fingerprint density at radius 3 is 2.73 bits per heavy atom.